The molecule has 0 unspecified atom stereocenters. The van der Waals surface area contributed by atoms with Crippen molar-refractivity contribution in [3.8, 4) is 17.2 Å². The highest BCUT2D eigenvalue weighted by molar-refractivity contribution is 5.96. The van der Waals surface area contributed by atoms with Crippen LogP contribution >= 0.6 is 0 Å². The van der Waals surface area contributed by atoms with Crippen molar-refractivity contribution in [1.82, 2.24) is 0 Å². The van der Waals surface area contributed by atoms with E-state index in [9.17, 15) is 14.7 Å². The summed E-state index contributed by atoms with van der Waals surface area (Å²) in [6, 6.07) is 3.21. The van der Waals surface area contributed by atoms with Crippen LogP contribution in [-0.4, -0.2) is 33.2 Å². The van der Waals surface area contributed by atoms with Crippen molar-refractivity contribution in [1.29, 1.82) is 0 Å². The molecule has 1 saturated carbocycles. The average molecular weight is 346 g/mol. The highest BCUT2D eigenvalue weighted by atomic mass is 16.5. The molecule has 2 aliphatic rings. The Balaban J connectivity index is 1.86. The molecule has 7 heteroatoms. The number of rotatable bonds is 6. The molecule has 25 heavy (non-hydrogen) atoms. The van der Waals surface area contributed by atoms with E-state index < -0.39 is 17.8 Å². The van der Waals surface area contributed by atoms with Crippen LogP contribution < -0.4 is 24.6 Å². The van der Waals surface area contributed by atoms with Crippen molar-refractivity contribution >= 4 is 17.6 Å². The summed E-state index contributed by atoms with van der Waals surface area (Å²) in [5.74, 6) is -1.94. The van der Waals surface area contributed by atoms with E-state index in [1.54, 1.807) is 12.1 Å². The molecule has 0 aromatic heterocycles. The van der Waals surface area contributed by atoms with E-state index >= 15 is 0 Å². The van der Waals surface area contributed by atoms with E-state index in [-0.39, 0.29) is 17.7 Å². The zero-order valence-corrected chi connectivity index (χ0v) is 14.3. The van der Waals surface area contributed by atoms with Gasteiger partial charge in [0, 0.05) is 29.7 Å². The van der Waals surface area contributed by atoms with Crippen molar-refractivity contribution in [3.63, 3.8) is 0 Å². The Labute approximate surface area is 145 Å². The molecule has 1 fully saturated rings. The number of carbonyl (C=O) groups is 2. The number of carboxylic acids is 1. The number of hydrogen-bond donors (Lipinski definition) is 1. The summed E-state index contributed by atoms with van der Waals surface area (Å²) >= 11 is 0. The Hall–Kier alpha value is -2.70. The standard InChI is InChI=1S/C18H21NO6/c1-23-12-7-11(8-13(24-2)16(12)25-3)19-17(20)14-9-4-5-10(6-9)15(14)18(21)22/h4-5,7-10,14-15H,6H2,1-3H3,(H,19,20)(H,21,22)/p-1/t9-,10-,14+,15-/m0/s1. The van der Waals surface area contributed by atoms with Crippen LogP contribution in [0.25, 0.3) is 0 Å². The molecule has 0 aliphatic heterocycles. The highest BCUT2D eigenvalue weighted by Gasteiger charge is 2.48. The van der Waals surface area contributed by atoms with Crippen molar-refractivity contribution in [3.05, 3.63) is 24.3 Å². The van der Waals surface area contributed by atoms with Crippen LogP contribution in [0.5, 0.6) is 17.2 Å². The van der Waals surface area contributed by atoms with Crippen LogP contribution in [0.15, 0.2) is 24.3 Å². The van der Waals surface area contributed by atoms with Gasteiger partial charge in [-0.2, -0.15) is 0 Å². The predicted octanol–water partition coefficient (Wildman–Crippen LogP) is 0.839. The van der Waals surface area contributed by atoms with E-state index in [0.29, 0.717) is 29.4 Å². The van der Waals surface area contributed by atoms with Gasteiger partial charge in [-0.15, -0.1) is 0 Å². The molecule has 4 atom stereocenters. The maximum absolute atomic E-state index is 12.7. The molecule has 1 aromatic rings. The third-order valence-electron chi connectivity index (χ3n) is 4.97. The first-order valence-corrected chi connectivity index (χ1v) is 8.00. The monoisotopic (exact) mass is 346 g/mol. The van der Waals surface area contributed by atoms with Gasteiger partial charge in [-0.1, -0.05) is 12.2 Å². The zero-order chi connectivity index (χ0) is 18.1. The summed E-state index contributed by atoms with van der Waals surface area (Å²) in [6.07, 6.45) is 4.46. The van der Waals surface area contributed by atoms with E-state index in [1.807, 2.05) is 12.2 Å². The number of hydrogen-bond acceptors (Lipinski definition) is 6. The number of allylic oxidation sites excluding steroid dienone is 2. The Kier molecular flexibility index (Phi) is 4.57. The van der Waals surface area contributed by atoms with Crippen molar-refractivity contribution in [2.75, 3.05) is 26.6 Å². The molecule has 0 radical (unpaired) electrons. The van der Waals surface area contributed by atoms with Gasteiger partial charge in [-0.3, -0.25) is 4.79 Å². The second kappa shape index (κ2) is 6.66. The van der Waals surface area contributed by atoms with Gasteiger partial charge in [0.05, 0.1) is 27.2 Å². The topological polar surface area (TPSA) is 96.9 Å². The third-order valence-corrected chi connectivity index (χ3v) is 4.97. The van der Waals surface area contributed by atoms with E-state index in [1.165, 1.54) is 21.3 Å². The quantitative estimate of drug-likeness (QED) is 0.767. The number of carboxylic acid groups (broad SMARTS) is 1. The SMILES string of the molecule is COc1cc(NC(=O)[C@H]2[C@@H](C(=O)[O-])[C@H]3C=C[C@H]2C3)cc(OC)c1OC. The summed E-state index contributed by atoms with van der Waals surface area (Å²) in [5, 5.41) is 14.2. The smallest absolute Gasteiger partial charge is 0.228 e. The van der Waals surface area contributed by atoms with Crippen molar-refractivity contribution in [2.24, 2.45) is 23.7 Å². The maximum Gasteiger partial charge on any atom is 0.228 e. The molecule has 2 aliphatic carbocycles. The van der Waals surface area contributed by atoms with Crippen molar-refractivity contribution in [2.45, 2.75) is 6.42 Å². The van der Waals surface area contributed by atoms with Crippen molar-refractivity contribution < 1.29 is 28.9 Å². The third kappa shape index (κ3) is 2.90. The zero-order valence-electron chi connectivity index (χ0n) is 14.3. The number of aliphatic carboxylic acids is 1. The van der Waals surface area contributed by atoms with Gasteiger partial charge in [-0.05, 0) is 18.3 Å². The fraction of sp³-hybridized carbons (Fsp3) is 0.444. The number of benzene rings is 1. The van der Waals surface area contributed by atoms with Crippen LogP contribution in [0.4, 0.5) is 5.69 Å². The minimum Gasteiger partial charge on any atom is -0.550 e. The van der Waals surface area contributed by atoms with Gasteiger partial charge in [0.2, 0.25) is 11.7 Å². The molecule has 2 bridgehead atoms. The number of ether oxygens (including phenoxy) is 3. The summed E-state index contributed by atoms with van der Waals surface area (Å²) in [5.41, 5.74) is 0.448. The van der Waals surface area contributed by atoms with E-state index in [4.69, 9.17) is 14.2 Å². The van der Waals surface area contributed by atoms with Gasteiger partial charge in [0.1, 0.15) is 0 Å². The lowest BCUT2D eigenvalue weighted by Gasteiger charge is -2.28. The lowest BCUT2D eigenvalue weighted by atomic mass is 9.82. The highest BCUT2D eigenvalue weighted by Crippen LogP contribution is 2.48. The maximum atomic E-state index is 12.7. The molecular formula is C18H20NO6-. The van der Waals surface area contributed by atoms with E-state index in [0.717, 1.165) is 0 Å². The molecule has 7 nitrogen and oxygen atoms in total. The summed E-state index contributed by atoms with van der Waals surface area (Å²) < 4.78 is 15.8. The average Bonchev–Trinajstić information content (AvgIpc) is 3.21. The normalized spacial score (nSPS) is 26.4. The summed E-state index contributed by atoms with van der Waals surface area (Å²) in [6.45, 7) is 0. The van der Waals surface area contributed by atoms with Gasteiger partial charge >= 0.3 is 0 Å². The number of amides is 1. The molecule has 134 valence electrons. The van der Waals surface area contributed by atoms with Gasteiger partial charge < -0.3 is 29.4 Å². The number of carbonyl (C=O) groups excluding carboxylic acids is 2. The predicted molar refractivity (Wildman–Crippen MR) is 87.5 cm³/mol. The second-order valence-electron chi connectivity index (χ2n) is 6.22. The molecule has 3 rings (SSSR count). The fourth-order valence-electron chi connectivity index (χ4n) is 3.88. The lowest BCUT2D eigenvalue weighted by Crippen LogP contribution is -2.42. The number of anilines is 1. The summed E-state index contributed by atoms with van der Waals surface area (Å²) in [7, 11) is 4.45. The van der Waals surface area contributed by atoms with Gasteiger partial charge in [-0.25, -0.2) is 0 Å². The van der Waals surface area contributed by atoms with Gasteiger partial charge in [0.15, 0.2) is 11.5 Å². The molecule has 0 heterocycles. The minimum atomic E-state index is -1.18. The minimum absolute atomic E-state index is 0.0741. The largest absolute Gasteiger partial charge is 0.550 e. The first kappa shape index (κ1) is 17.1. The molecule has 1 N–H and O–H groups in total. The Morgan fingerprint density at radius 3 is 2.04 bits per heavy atom. The summed E-state index contributed by atoms with van der Waals surface area (Å²) in [4.78, 5) is 24.2. The Morgan fingerprint density at radius 2 is 1.56 bits per heavy atom. The van der Waals surface area contributed by atoms with Crippen LogP contribution in [0, 0.1) is 23.7 Å². The fourth-order valence-corrected chi connectivity index (χ4v) is 3.88. The number of methoxy groups -OCH3 is 3. The Bertz CT molecular complexity index is 703. The second-order valence-corrected chi connectivity index (χ2v) is 6.22. The molecule has 0 saturated heterocycles. The van der Waals surface area contributed by atoms with Gasteiger partial charge in [0.25, 0.3) is 0 Å². The number of fused-ring (bicyclic) bond motifs is 2. The first-order valence-electron chi connectivity index (χ1n) is 8.00. The first-order chi connectivity index (χ1) is 12.0. The molecular weight excluding hydrogens is 326 g/mol. The van der Waals surface area contributed by atoms with E-state index in [2.05, 4.69) is 5.32 Å². The van der Waals surface area contributed by atoms with Crippen LogP contribution in [-0.2, 0) is 9.59 Å². The van der Waals surface area contributed by atoms with Crippen LogP contribution in [0.3, 0.4) is 0 Å². The molecule has 1 aromatic carbocycles. The molecule has 1 amide bonds. The number of nitrogens with one attached hydrogen (secondary N) is 1. The lowest BCUT2D eigenvalue weighted by molar-refractivity contribution is -0.313. The van der Waals surface area contributed by atoms with Crippen LogP contribution in [0.1, 0.15) is 6.42 Å². The molecule has 0 spiro atoms. The van der Waals surface area contributed by atoms with Crippen LogP contribution in [0.2, 0.25) is 0 Å². The Morgan fingerprint density at radius 1 is 1.00 bits per heavy atom.